The van der Waals surface area contributed by atoms with Crippen molar-refractivity contribution in [2.45, 2.75) is 12.8 Å². The molecule has 1 aromatic carbocycles. The number of hydrogen-bond acceptors (Lipinski definition) is 3. The number of benzene rings is 1. The average molecular weight is 291 g/mol. The number of halogens is 1. The van der Waals surface area contributed by atoms with Crippen LogP contribution < -0.4 is 9.62 Å². The molecule has 0 atom stereocenters. The van der Waals surface area contributed by atoms with E-state index in [1.165, 1.54) is 0 Å². The summed E-state index contributed by atoms with van der Waals surface area (Å²) >= 11 is 5.52. The standard InChI is InChI=1S/C12H19ClN2O2S/c1-15(2)12-7-5-11(6-8-12)14-18(16,17)10-4-3-9-13/h5-8,14H,3-4,9-10H2,1-2H3. The number of rotatable bonds is 7. The molecule has 0 aliphatic rings. The molecular formula is C12H19ClN2O2S. The third kappa shape index (κ3) is 5.14. The van der Waals surface area contributed by atoms with Crippen LogP contribution in [0.25, 0.3) is 0 Å². The van der Waals surface area contributed by atoms with E-state index in [0.29, 0.717) is 24.4 Å². The summed E-state index contributed by atoms with van der Waals surface area (Å²) in [6, 6.07) is 7.26. The van der Waals surface area contributed by atoms with Gasteiger partial charge in [0.2, 0.25) is 10.0 Å². The summed E-state index contributed by atoms with van der Waals surface area (Å²) in [5, 5.41) is 0. The lowest BCUT2D eigenvalue weighted by atomic mass is 10.3. The fourth-order valence-electron chi connectivity index (χ4n) is 1.44. The van der Waals surface area contributed by atoms with Crippen molar-refractivity contribution in [2.75, 3.05) is 35.4 Å². The van der Waals surface area contributed by atoms with Crippen LogP contribution in [-0.4, -0.2) is 34.1 Å². The summed E-state index contributed by atoms with van der Waals surface area (Å²) < 4.78 is 26.0. The summed E-state index contributed by atoms with van der Waals surface area (Å²) in [5.74, 6) is 0.599. The van der Waals surface area contributed by atoms with E-state index in [-0.39, 0.29) is 5.75 Å². The van der Waals surface area contributed by atoms with Crippen molar-refractivity contribution in [3.63, 3.8) is 0 Å². The molecule has 0 saturated heterocycles. The molecule has 0 fully saturated rings. The van der Waals surface area contributed by atoms with Crippen molar-refractivity contribution in [2.24, 2.45) is 0 Å². The number of anilines is 2. The lowest BCUT2D eigenvalue weighted by molar-refractivity contribution is 0.598. The maximum Gasteiger partial charge on any atom is 0.232 e. The zero-order valence-corrected chi connectivity index (χ0v) is 12.3. The van der Waals surface area contributed by atoms with E-state index in [4.69, 9.17) is 11.6 Å². The Balaban J connectivity index is 2.61. The molecular weight excluding hydrogens is 272 g/mol. The van der Waals surface area contributed by atoms with E-state index in [1.54, 1.807) is 12.1 Å². The Morgan fingerprint density at radius 2 is 1.78 bits per heavy atom. The Hall–Kier alpha value is -0.940. The van der Waals surface area contributed by atoms with Gasteiger partial charge in [0.15, 0.2) is 0 Å². The Kier molecular flexibility index (Phi) is 5.75. The van der Waals surface area contributed by atoms with Crippen molar-refractivity contribution in [3.8, 4) is 0 Å². The van der Waals surface area contributed by atoms with Crippen LogP contribution in [0.5, 0.6) is 0 Å². The molecule has 18 heavy (non-hydrogen) atoms. The van der Waals surface area contributed by atoms with Crippen LogP contribution in [-0.2, 0) is 10.0 Å². The zero-order valence-electron chi connectivity index (χ0n) is 10.7. The predicted molar refractivity (Wildman–Crippen MR) is 78.1 cm³/mol. The van der Waals surface area contributed by atoms with Gasteiger partial charge < -0.3 is 4.90 Å². The first kappa shape index (κ1) is 15.1. The zero-order chi connectivity index (χ0) is 13.6. The van der Waals surface area contributed by atoms with Crippen molar-refractivity contribution >= 4 is 33.0 Å². The molecule has 0 unspecified atom stereocenters. The number of hydrogen-bond donors (Lipinski definition) is 1. The molecule has 0 aliphatic carbocycles. The number of unbranched alkanes of at least 4 members (excludes halogenated alkanes) is 1. The monoisotopic (exact) mass is 290 g/mol. The molecule has 1 N–H and O–H groups in total. The summed E-state index contributed by atoms with van der Waals surface area (Å²) in [6.45, 7) is 0. The lowest BCUT2D eigenvalue weighted by Gasteiger charge is -2.13. The second-order valence-corrected chi connectivity index (χ2v) is 6.48. The molecule has 4 nitrogen and oxygen atoms in total. The molecule has 0 radical (unpaired) electrons. The van der Waals surface area contributed by atoms with E-state index >= 15 is 0 Å². The van der Waals surface area contributed by atoms with Crippen molar-refractivity contribution in [1.82, 2.24) is 0 Å². The van der Waals surface area contributed by atoms with Crippen LogP contribution >= 0.6 is 11.6 Å². The lowest BCUT2D eigenvalue weighted by Crippen LogP contribution is -2.17. The smallest absolute Gasteiger partial charge is 0.232 e. The van der Waals surface area contributed by atoms with Crippen LogP contribution in [0.2, 0.25) is 0 Å². The van der Waals surface area contributed by atoms with E-state index < -0.39 is 10.0 Å². The van der Waals surface area contributed by atoms with Gasteiger partial charge >= 0.3 is 0 Å². The van der Waals surface area contributed by atoms with Gasteiger partial charge in [-0.15, -0.1) is 11.6 Å². The van der Waals surface area contributed by atoms with Crippen LogP contribution in [0.3, 0.4) is 0 Å². The van der Waals surface area contributed by atoms with Gasteiger partial charge in [-0.3, -0.25) is 4.72 Å². The Morgan fingerprint density at radius 1 is 1.17 bits per heavy atom. The molecule has 102 valence electrons. The third-order valence-corrected chi connectivity index (χ3v) is 4.09. The number of nitrogens with one attached hydrogen (secondary N) is 1. The molecule has 0 aliphatic heterocycles. The first-order valence-electron chi connectivity index (χ1n) is 5.78. The highest BCUT2D eigenvalue weighted by Gasteiger charge is 2.09. The Bertz CT molecular complexity index is 457. The van der Waals surface area contributed by atoms with Crippen LogP contribution in [0.15, 0.2) is 24.3 Å². The highest BCUT2D eigenvalue weighted by molar-refractivity contribution is 7.92. The summed E-state index contributed by atoms with van der Waals surface area (Å²) in [6.07, 6.45) is 1.29. The summed E-state index contributed by atoms with van der Waals surface area (Å²) in [5.41, 5.74) is 1.62. The summed E-state index contributed by atoms with van der Waals surface area (Å²) in [4.78, 5) is 1.96. The first-order chi connectivity index (χ1) is 8.44. The minimum absolute atomic E-state index is 0.106. The van der Waals surface area contributed by atoms with Crippen LogP contribution in [0.4, 0.5) is 11.4 Å². The van der Waals surface area contributed by atoms with Gasteiger partial charge in [0, 0.05) is 31.4 Å². The van der Waals surface area contributed by atoms with E-state index in [9.17, 15) is 8.42 Å². The minimum atomic E-state index is -3.26. The predicted octanol–water partition coefficient (Wildman–Crippen LogP) is 2.51. The number of sulfonamides is 1. The largest absolute Gasteiger partial charge is 0.378 e. The minimum Gasteiger partial charge on any atom is -0.378 e. The molecule has 0 amide bonds. The molecule has 0 bridgehead atoms. The quantitative estimate of drug-likeness (QED) is 0.620. The van der Waals surface area contributed by atoms with Crippen LogP contribution in [0.1, 0.15) is 12.8 Å². The second kappa shape index (κ2) is 6.85. The van der Waals surface area contributed by atoms with Crippen molar-refractivity contribution in [1.29, 1.82) is 0 Å². The van der Waals surface area contributed by atoms with Gasteiger partial charge in [0.25, 0.3) is 0 Å². The highest BCUT2D eigenvalue weighted by atomic mass is 35.5. The third-order valence-electron chi connectivity index (χ3n) is 2.45. The topological polar surface area (TPSA) is 49.4 Å². The first-order valence-corrected chi connectivity index (χ1v) is 7.97. The molecule has 1 rings (SSSR count). The fourth-order valence-corrected chi connectivity index (χ4v) is 2.82. The number of nitrogens with zero attached hydrogens (tertiary/aromatic N) is 1. The van der Waals surface area contributed by atoms with E-state index in [2.05, 4.69) is 4.72 Å². The van der Waals surface area contributed by atoms with Gasteiger partial charge in [-0.1, -0.05) is 0 Å². The average Bonchev–Trinajstić information content (AvgIpc) is 2.29. The van der Waals surface area contributed by atoms with Gasteiger partial charge in [-0.25, -0.2) is 8.42 Å². The Morgan fingerprint density at radius 3 is 2.28 bits per heavy atom. The van der Waals surface area contributed by atoms with Crippen molar-refractivity contribution in [3.05, 3.63) is 24.3 Å². The maximum atomic E-state index is 11.7. The molecule has 1 aromatic rings. The van der Waals surface area contributed by atoms with Gasteiger partial charge in [-0.2, -0.15) is 0 Å². The summed E-state index contributed by atoms with van der Waals surface area (Å²) in [7, 11) is 0.609. The Labute approximate surface area is 114 Å². The van der Waals surface area contributed by atoms with Gasteiger partial charge in [-0.05, 0) is 37.1 Å². The van der Waals surface area contributed by atoms with Gasteiger partial charge in [0.1, 0.15) is 0 Å². The molecule has 0 aromatic heterocycles. The molecule has 0 saturated carbocycles. The van der Waals surface area contributed by atoms with E-state index in [1.807, 2.05) is 31.1 Å². The van der Waals surface area contributed by atoms with Gasteiger partial charge in [0.05, 0.1) is 5.75 Å². The van der Waals surface area contributed by atoms with Crippen LogP contribution in [0, 0.1) is 0 Å². The number of alkyl halides is 1. The SMILES string of the molecule is CN(C)c1ccc(NS(=O)(=O)CCCCCl)cc1. The molecule has 6 heteroatoms. The fraction of sp³-hybridized carbons (Fsp3) is 0.500. The molecule has 0 spiro atoms. The van der Waals surface area contributed by atoms with Crippen molar-refractivity contribution < 1.29 is 8.42 Å². The normalized spacial score (nSPS) is 11.3. The second-order valence-electron chi connectivity index (χ2n) is 4.26. The molecule has 0 heterocycles. The van der Waals surface area contributed by atoms with E-state index in [0.717, 1.165) is 5.69 Å². The maximum absolute atomic E-state index is 11.7. The highest BCUT2D eigenvalue weighted by Crippen LogP contribution is 2.17.